The van der Waals surface area contributed by atoms with E-state index in [1.165, 1.54) is 24.4 Å². The largest absolute Gasteiger partial charge is 0.294 e. The molecule has 0 radical (unpaired) electrons. The molecule has 3 rings (SSSR count). The van der Waals surface area contributed by atoms with Gasteiger partial charge in [-0.2, -0.15) is 4.37 Å². The number of aromatic nitrogens is 5. The van der Waals surface area contributed by atoms with Crippen LogP contribution in [0.3, 0.4) is 0 Å². The van der Waals surface area contributed by atoms with Gasteiger partial charge in [-0.25, -0.2) is 9.67 Å². The van der Waals surface area contributed by atoms with Crippen molar-refractivity contribution in [3.63, 3.8) is 0 Å². The second-order valence-corrected chi connectivity index (χ2v) is 6.45. The lowest BCUT2D eigenvalue weighted by Gasteiger charge is -2.31. The lowest BCUT2D eigenvalue weighted by atomic mass is 10.1. The van der Waals surface area contributed by atoms with E-state index in [9.17, 15) is 0 Å². The molecule has 1 saturated heterocycles. The van der Waals surface area contributed by atoms with E-state index in [1.807, 2.05) is 10.9 Å². The fraction of sp³-hybridized carbons (Fsp3) is 0.692. The Morgan fingerprint density at radius 3 is 3.05 bits per heavy atom. The Hall–Kier alpha value is -1.34. The fourth-order valence-corrected chi connectivity index (χ4v) is 3.39. The van der Waals surface area contributed by atoms with Crippen molar-refractivity contribution < 1.29 is 0 Å². The molecule has 0 unspecified atom stereocenters. The highest BCUT2D eigenvalue weighted by Crippen LogP contribution is 2.23. The minimum Gasteiger partial charge on any atom is -0.294 e. The zero-order chi connectivity index (χ0) is 13.9. The second kappa shape index (κ2) is 5.97. The number of hydrogen-bond acceptors (Lipinski definition) is 6. The van der Waals surface area contributed by atoms with Gasteiger partial charge < -0.3 is 0 Å². The van der Waals surface area contributed by atoms with Crippen molar-refractivity contribution >= 4 is 11.5 Å². The Labute approximate surface area is 123 Å². The molecule has 6 nitrogen and oxygen atoms in total. The fourth-order valence-electron chi connectivity index (χ4n) is 2.56. The molecule has 1 aliphatic heterocycles. The minimum absolute atomic E-state index is 0.407. The van der Waals surface area contributed by atoms with Gasteiger partial charge in [0.25, 0.3) is 0 Å². The van der Waals surface area contributed by atoms with Gasteiger partial charge in [0.05, 0.1) is 18.8 Å². The molecule has 1 aliphatic rings. The summed E-state index contributed by atoms with van der Waals surface area (Å²) in [7, 11) is 0. The molecule has 1 fully saturated rings. The Morgan fingerprint density at radius 1 is 1.45 bits per heavy atom. The first kappa shape index (κ1) is 13.6. The first-order chi connectivity index (χ1) is 9.72. The maximum Gasteiger partial charge on any atom is 0.145 e. The van der Waals surface area contributed by atoms with Crippen LogP contribution < -0.4 is 0 Å². The van der Waals surface area contributed by atoms with Crippen LogP contribution >= 0.6 is 11.5 Å². The van der Waals surface area contributed by atoms with Gasteiger partial charge in [0.1, 0.15) is 10.8 Å². The second-order valence-electron chi connectivity index (χ2n) is 5.62. The molecule has 2 aromatic heterocycles. The highest BCUT2D eigenvalue weighted by atomic mass is 32.1. The van der Waals surface area contributed by atoms with Gasteiger partial charge in [-0.3, -0.25) is 4.90 Å². The Kier molecular flexibility index (Phi) is 4.07. The standard InChI is InChI=1S/C13H20N6S/c1-10(2)13-15-12(20-16-13)9-18-6-3-4-11(8-18)19-7-5-14-17-19/h5,7,10-11H,3-4,6,8-9H2,1-2H3/t11-/m0/s1. The first-order valence-corrected chi connectivity index (χ1v) is 7.90. The average molecular weight is 292 g/mol. The van der Waals surface area contributed by atoms with Gasteiger partial charge in [-0.15, -0.1) is 5.10 Å². The summed E-state index contributed by atoms with van der Waals surface area (Å²) in [5.74, 6) is 1.37. The molecule has 2 aromatic rings. The van der Waals surface area contributed by atoms with Gasteiger partial charge in [0.15, 0.2) is 0 Å². The molecule has 3 heterocycles. The molecule has 108 valence electrons. The molecule has 0 amide bonds. The molecule has 1 atom stereocenters. The zero-order valence-electron chi connectivity index (χ0n) is 11.9. The van der Waals surface area contributed by atoms with Crippen molar-refractivity contribution in [1.82, 2.24) is 29.3 Å². The molecule has 0 saturated carbocycles. The van der Waals surface area contributed by atoms with Crippen molar-refractivity contribution in [2.24, 2.45) is 0 Å². The van der Waals surface area contributed by atoms with Gasteiger partial charge in [0.2, 0.25) is 0 Å². The Morgan fingerprint density at radius 2 is 2.35 bits per heavy atom. The molecule has 0 spiro atoms. The summed E-state index contributed by atoms with van der Waals surface area (Å²) < 4.78 is 6.40. The van der Waals surface area contributed by atoms with E-state index in [2.05, 4.69) is 38.4 Å². The molecule has 0 aliphatic carbocycles. The summed E-state index contributed by atoms with van der Waals surface area (Å²) in [4.78, 5) is 7.07. The Balaban J connectivity index is 1.62. The van der Waals surface area contributed by atoms with Gasteiger partial charge >= 0.3 is 0 Å². The smallest absolute Gasteiger partial charge is 0.145 e. The van der Waals surface area contributed by atoms with Crippen molar-refractivity contribution in [1.29, 1.82) is 0 Å². The van der Waals surface area contributed by atoms with E-state index in [1.54, 1.807) is 6.20 Å². The summed E-state index contributed by atoms with van der Waals surface area (Å²) in [6, 6.07) is 0.434. The number of likely N-dealkylation sites (tertiary alicyclic amines) is 1. The monoisotopic (exact) mass is 292 g/mol. The molecule has 20 heavy (non-hydrogen) atoms. The van der Waals surface area contributed by atoms with Crippen LogP contribution in [-0.4, -0.2) is 42.3 Å². The summed E-state index contributed by atoms with van der Waals surface area (Å²) in [5, 5.41) is 9.15. The van der Waals surface area contributed by atoms with Crippen molar-refractivity contribution in [2.75, 3.05) is 13.1 Å². The quantitative estimate of drug-likeness (QED) is 0.863. The van der Waals surface area contributed by atoms with Crippen molar-refractivity contribution in [3.8, 4) is 0 Å². The predicted octanol–water partition coefficient (Wildman–Crippen LogP) is 2.09. The zero-order valence-corrected chi connectivity index (χ0v) is 12.8. The van der Waals surface area contributed by atoms with E-state index in [0.29, 0.717) is 12.0 Å². The number of nitrogens with zero attached hydrogens (tertiary/aromatic N) is 6. The summed E-state index contributed by atoms with van der Waals surface area (Å²) in [6.07, 6.45) is 6.07. The number of piperidine rings is 1. The SMILES string of the molecule is CC(C)c1nsc(CN2CCC[C@H](n3ccnn3)C2)n1. The lowest BCUT2D eigenvalue weighted by molar-refractivity contribution is 0.161. The predicted molar refractivity (Wildman–Crippen MR) is 77.6 cm³/mol. The van der Waals surface area contributed by atoms with E-state index in [0.717, 1.165) is 30.5 Å². The van der Waals surface area contributed by atoms with E-state index >= 15 is 0 Å². The number of hydrogen-bond donors (Lipinski definition) is 0. The maximum absolute atomic E-state index is 4.62. The molecule has 0 aromatic carbocycles. The highest BCUT2D eigenvalue weighted by Gasteiger charge is 2.22. The minimum atomic E-state index is 0.407. The summed E-state index contributed by atoms with van der Waals surface area (Å²) in [6.45, 7) is 7.30. The summed E-state index contributed by atoms with van der Waals surface area (Å²) >= 11 is 1.53. The highest BCUT2D eigenvalue weighted by molar-refractivity contribution is 7.05. The van der Waals surface area contributed by atoms with Gasteiger partial charge in [0, 0.05) is 18.7 Å². The normalized spacial score (nSPS) is 20.6. The molecular formula is C13H20N6S. The van der Waals surface area contributed by atoms with Gasteiger partial charge in [-0.1, -0.05) is 19.1 Å². The topological polar surface area (TPSA) is 59.7 Å². The maximum atomic E-state index is 4.62. The third-order valence-electron chi connectivity index (χ3n) is 3.65. The third-order valence-corrected chi connectivity index (χ3v) is 4.36. The lowest BCUT2D eigenvalue weighted by Crippen LogP contribution is -2.36. The van der Waals surface area contributed by atoms with Crippen LogP contribution in [-0.2, 0) is 6.54 Å². The van der Waals surface area contributed by atoms with E-state index in [-0.39, 0.29) is 0 Å². The van der Waals surface area contributed by atoms with Gasteiger partial charge in [-0.05, 0) is 30.9 Å². The third kappa shape index (κ3) is 3.04. The van der Waals surface area contributed by atoms with Crippen LogP contribution in [0.1, 0.15) is 49.5 Å². The van der Waals surface area contributed by atoms with Crippen molar-refractivity contribution in [3.05, 3.63) is 23.2 Å². The van der Waals surface area contributed by atoms with E-state index < -0.39 is 0 Å². The average Bonchev–Trinajstić information content (AvgIpc) is 3.10. The number of rotatable bonds is 4. The molecule has 0 N–H and O–H groups in total. The van der Waals surface area contributed by atoms with E-state index in [4.69, 9.17) is 0 Å². The van der Waals surface area contributed by atoms with Crippen LogP contribution in [0.25, 0.3) is 0 Å². The van der Waals surface area contributed by atoms with Crippen LogP contribution in [0.2, 0.25) is 0 Å². The van der Waals surface area contributed by atoms with Crippen molar-refractivity contribution in [2.45, 2.75) is 45.2 Å². The van der Waals surface area contributed by atoms with Crippen LogP contribution in [0, 0.1) is 0 Å². The molecule has 0 bridgehead atoms. The molecular weight excluding hydrogens is 272 g/mol. The molecule has 7 heteroatoms. The Bertz CT molecular complexity index is 535. The first-order valence-electron chi connectivity index (χ1n) is 7.13. The summed E-state index contributed by atoms with van der Waals surface area (Å²) in [5.41, 5.74) is 0. The van der Waals surface area contributed by atoms with Crippen LogP contribution in [0.5, 0.6) is 0 Å². The van der Waals surface area contributed by atoms with Crippen LogP contribution in [0.4, 0.5) is 0 Å². The van der Waals surface area contributed by atoms with Crippen LogP contribution in [0.15, 0.2) is 12.4 Å².